The zero-order chi connectivity index (χ0) is 10.8. The van der Waals surface area contributed by atoms with Gasteiger partial charge in [-0.1, -0.05) is 11.3 Å². The maximum atomic E-state index is 10.6. The van der Waals surface area contributed by atoms with Crippen molar-refractivity contribution in [3.8, 4) is 0 Å². The highest BCUT2D eigenvalue weighted by atomic mass is 32.1. The van der Waals surface area contributed by atoms with Crippen molar-refractivity contribution in [1.29, 1.82) is 0 Å². The molecule has 0 atom stereocenters. The molecule has 1 heterocycles. The first-order valence-corrected chi connectivity index (χ1v) is 5.15. The normalized spacial score (nSPS) is 10.4. The second-order valence-corrected chi connectivity index (χ2v) is 4.12. The number of fused-ring (bicyclic) bond motifs is 1. The van der Waals surface area contributed by atoms with Crippen molar-refractivity contribution in [2.45, 2.75) is 0 Å². The number of rotatable bonds is 3. The Balaban J connectivity index is 2.26. The topological polar surface area (TPSA) is 94.0 Å². The number of hydrogen-bond donors (Lipinski definition) is 3. The van der Waals surface area contributed by atoms with Gasteiger partial charge >= 0.3 is 0 Å². The largest absolute Gasteiger partial charge is 0.376 e. The molecule has 0 unspecified atom stereocenters. The molecule has 0 aliphatic heterocycles. The average molecular weight is 222 g/mol. The van der Waals surface area contributed by atoms with Gasteiger partial charge in [0.1, 0.15) is 0 Å². The van der Waals surface area contributed by atoms with Crippen LogP contribution in [0.25, 0.3) is 10.2 Å². The first-order chi connectivity index (χ1) is 7.15. The van der Waals surface area contributed by atoms with Crippen LogP contribution in [0.3, 0.4) is 0 Å². The molecule has 0 saturated carbocycles. The molecule has 0 saturated heterocycles. The van der Waals surface area contributed by atoms with Crippen LogP contribution >= 0.6 is 11.3 Å². The molecule has 2 rings (SSSR count). The van der Waals surface area contributed by atoms with E-state index in [4.69, 9.17) is 11.5 Å². The zero-order valence-corrected chi connectivity index (χ0v) is 8.67. The van der Waals surface area contributed by atoms with E-state index < -0.39 is 5.91 Å². The van der Waals surface area contributed by atoms with Gasteiger partial charge in [0.25, 0.3) is 0 Å². The maximum absolute atomic E-state index is 10.6. The minimum atomic E-state index is -0.395. The number of thiazole rings is 1. The van der Waals surface area contributed by atoms with E-state index in [0.717, 1.165) is 15.9 Å². The van der Waals surface area contributed by atoms with Crippen molar-refractivity contribution >= 4 is 38.3 Å². The number of benzene rings is 1. The third kappa shape index (κ3) is 2.16. The highest BCUT2D eigenvalue weighted by Crippen LogP contribution is 2.25. The fourth-order valence-corrected chi connectivity index (χ4v) is 1.96. The van der Waals surface area contributed by atoms with Gasteiger partial charge in [0, 0.05) is 5.69 Å². The van der Waals surface area contributed by atoms with E-state index in [2.05, 4.69) is 10.3 Å². The van der Waals surface area contributed by atoms with Gasteiger partial charge in [0.15, 0.2) is 5.13 Å². The SMILES string of the molecule is NC(=O)CNc1ccc2sc(N)nc2c1. The standard InChI is InChI=1S/C9H10N4OS/c10-8(14)4-12-5-1-2-7-6(3-5)13-9(11)15-7/h1-3,12H,4H2,(H2,10,14)(H2,11,13). The number of aromatic nitrogens is 1. The van der Waals surface area contributed by atoms with Crippen molar-refractivity contribution < 1.29 is 4.79 Å². The van der Waals surface area contributed by atoms with Gasteiger partial charge in [0.05, 0.1) is 16.8 Å². The number of primary amides is 1. The minimum absolute atomic E-state index is 0.116. The number of anilines is 2. The summed E-state index contributed by atoms with van der Waals surface area (Å²) >= 11 is 1.43. The van der Waals surface area contributed by atoms with Crippen molar-refractivity contribution in [2.24, 2.45) is 5.73 Å². The van der Waals surface area contributed by atoms with Crippen LogP contribution in [-0.4, -0.2) is 17.4 Å². The number of nitrogen functional groups attached to an aromatic ring is 1. The minimum Gasteiger partial charge on any atom is -0.376 e. The number of nitrogens with one attached hydrogen (secondary N) is 1. The van der Waals surface area contributed by atoms with Crippen LogP contribution in [0.5, 0.6) is 0 Å². The zero-order valence-electron chi connectivity index (χ0n) is 7.86. The summed E-state index contributed by atoms with van der Waals surface area (Å²) in [6.07, 6.45) is 0. The summed E-state index contributed by atoms with van der Waals surface area (Å²) in [5.74, 6) is -0.395. The lowest BCUT2D eigenvalue weighted by Gasteiger charge is -2.02. The van der Waals surface area contributed by atoms with E-state index in [9.17, 15) is 4.79 Å². The molecule has 1 amide bonds. The first-order valence-electron chi connectivity index (χ1n) is 4.33. The second-order valence-electron chi connectivity index (χ2n) is 3.05. The molecule has 1 aromatic heterocycles. The summed E-state index contributed by atoms with van der Waals surface area (Å²) in [5, 5.41) is 3.43. The van der Waals surface area contributed by atoms with Crippen LogP contribution < -0.4 is 16.8 Å². The summed E-state index contributed by atoms with van der Waals surface area (Å²) in [7, 11) is 0. The summed E-state index contributed by atoms with van der Waals surface area (Å²) in [5.41, 5.74) is 12.2. The van der Waals surface area contributed by atoms with Crippen LogP contribution in [0.1, 0.15) is 0 Å². The van der Waals surface area contributed by atoms with E-state index in [0.29, 0.717) is 5.13 Å². The average Bonchev–Trinajstić information content (AvgIpc) is 2.53. The van der Waals surface area contributed by atoms with Gasteiger partial charge in [-0.3, -0.25) is 4.79 Å². The van der Waals surface area contributed by atoms with Crippen molar-refractivity contribution in [1.82, 2.24) is 4.98 Å². The highest BCUT2D eigenvalue weighted by Gasteiger charge is 2.02. The summed E-state index contributed by atoms with van der Waals surface area (Å²) in [4.78, 5) is 14.7. The van der Waals surface area contributed by atoms with E-state index in [-0.39, 0.29) is 6.54 Å². The van der Waals surface area contributed by atoms with Gasteiger partial charge in [0.2, 0.25) is 5.91 Å². The predicted molar refractivity (Wildman–Crippen MR) is 61.7 cm³/mol. The highest BCUT2D eigenvalue weighted by molar-refractivity contribution is 7.22. The van der Waals surface area contributed by atoms with Crippen molar-refractivity contribution in [3.63, 3.8) is 0 Å². The third-order valence-corrected chi connectivity index (χ3v) is 2.74. The van der Waals surface area contributed by atoms with Crippen LogP contribution in [0, 0.1) is 0 Å². The second kappa shape index (κ2) is 3.74. The Kier molecular flexibility index (Phi) is 2.42. The molecule has 0 spiro atoms. The molecule has 0 aliphatic rings. The fourth-order valence-electron chi connectivity index (χ4n) is 1.24. The van der Waals surface area contributed by atoms with Gasteiger partial charge < -0.3 is 16.8 Å². The maximum Gasteiger partial charge on any atom is 0.236 e. The lowest BCUT2D eigenvalue weighted by Crippen LogP contribution is -2.21. The first kappa shape index (κ1) is 9.72. The molecule has 2 aromatic rings. The number of nitrogens with two attached hydrogens (primary N) is 2. The third-order valence-electron chi connectivity index (χ3n) is 1.87. The van der Waals surface area contributed by atoms with Crippen LogP contribution in [0.2, 0.25) is 0 Å². The Morgan fingerprint density at radius 3 is 3.07 bits per heavy atom. The molecule has 1 aromatic carbocycles. The number of nitrogens with zero attached hydrogens (tertiary/aromatic N) is 1. The van der Waals surface area contributed by atoms with Crippen molar-refractivity contribution in [3.05, 3.63) is 18.2 Å². The van der Waals surface area contributed by atoms with E-state index >= 15 is 0 Å². The Hall–Kier alpha value is -1.82. The molecule has 6 heteroatoms. The summed E-state index contributed by atoms with van der Waals surface area (Å²) < 4.78 is 1.03. The molecule has 15 heavy (non-hydrogen) atoms. The molecule has 0 bridgehead atoms. The molecule has 0 fully saturated rings. The summed E-state index contributed by atoms with van der Waals surface area (Å²) in [6.45, 7) is 0.116. The Morgan fingerprint density at radius 2 is 2.33 bits per heavy atom. The van der Waals surface area contributed by atoms with Gasteiger partial charge in [-0.05, 0) is 18.2 Å². The Morgan fingerprint density at radius 1 is 1.53 bits per heavy atom. The summed E-state index contributed by atoms with van der Waals surface area (Å²) in [6, 6.07) is 5.61. The Bertz CT molecular complexity index is 508. The van der Waals surface area contributed by atoms with Crippen LogP contribution in [0.15, 0.2) is 18.2 Å². The number of carbonyl (C=O) groups excluding carboxylic acids is 1. The molecule has 0 radical (unpaired) electrons. The quantitative estimate of drug-likeness (QED) is 0.715. The Labute approximate surface area is 90.1 Å². The van der Waals surface area contributed by atoms with Crippen LogP contribution in [-0.2, 0) is 4.79 Å². The molecular formula is C9H10N4OS. The molecule has 78 valence electrons. The number of carbonyl (C=O) groups is 1. The van der Waals surface area contributed by atoms with Crippen molar-refractivity contribution in [2.75, 3.05) is 17.6 Å². The lowest BCUT2D eigenvalue weighted by atomic mass is 10.3. The van der Waals surface area contributed by atoms with Gasteiger partial charge in [-0.15, -0.1) is 0 Å². The van der Waals surface area contributed by atoms with Crippen LogP contribution in [0.4, 0.5) is 10.8 Å². The van der Waals surface area contributed by atoms with Gasteiger partial charge in [-0.2, -0.15) is 0 Å². The number of amides is 1. The number of hydrogen-bond acceptors (Lipinski definition) is 5. The van der Waals surface area contributed by atoms with Gasteiger partial charge in [-0.25, -0.2) is 4.98 Å². The fraction of sp³-hybridized carbons (Fsp3) is 0.111. The molecule has 5 N–H and O–H groups in total. The van der Waals surface area contributed by atoms with E-state index in [1.807, 2.05) is 18.2 Å². The van der Waals surface area contributed by atoms with E-state index in [1.165, 1.54) is 11.3 Å². The predicted octanol–water partition coefficient (Wildman–Crippen LogP) is 0.776. The van der Waals surface area contributed by atoms with E-state index in [1.54, 1.807) is 0 Å². The lowest BCUT2D eigenvalue weighted by molar-refractivity contribution is -0.116. The molecule has 0 aliphatic carbocycles. The molecular weight excluding hydrogens is 212 g/mol. The molecule has 5 nitrogen and oxygen atoms in total. The monoisotopic (exact) mass is 222 g/mol. The smallest absolute Gasteiger partial charge is 0.236 e.